The second-order valence-electron chi connectivity index (χ2n) is 4.12. The van der Waals surface area contributed by atoms with Gasteiger partial charge in [-0.05, 0) is 18.9 Å². The van der Waals surface area contributed by atoms with Gasteiger partial charge >= 0.3 is 11.9 Å². The molecule has 0 saturated carbocycles. The lowest BCUT2D eigenvalue weighted by atomic mass is 10.2. The van der Waals surface area contributed by atoms with Gasteiger partial charge in [0.05, 0.1) is 0 Å². The van der Waals surface area contributed by atoms with Crippen LogP contribution in [-0.2, 0) is 9.59 Å². The third-order valence-electron chi connectivity index (χ3n) is 2.36. The zero-order valence-electron chi connectivity index (χ0n) is 11.3. The minimum Gasteiger partial charge on any atom is -0.423 e. The standard InChI is InChI=1S/C15H18O4/c1-4-7-13(16)18-12-10-6-9-11(3)15(12)19-14(17)8-5-2/h3,6,9-10H,4-5,7-8H2,1-2H3. The molecule has 0 unspecified atom stereocenters. The van der Waals surface area contributed by atoms with Gasteiger partial charge in [-0.3, -0.25) is 9.59 Å². The first-order valence-electron chi connectivity index (χ1n) is 6.38. The molecule has 0 saturated heterocycles. The molecule has 0 bridgehead atoms. The summed E-state index contributed by atoms with van der Waals surface area (Å²) in [4.78, 5) is 23.0. The molecule has 0 N–H and O–H groups in total. The van der Waals surface area contributed by atoms with Gasteiger partial charge in [-0.1, -0.05) is 26.0 Å². The molecule has 1 rings (SSSR count). The summed E-state index contributed by atoms with van der Waals surface area (Å²) in [7, 11) is 0. The predicted octanol–water partition coefficient (Wildman–Crippen LogP) is 3.16. The van der Waals surface area contributed by atoms with Gasteiger partial charge in [-0.25, -0.2) is 0 Å². The van der Waals surface area contributed by atoms with Gasteiger partial charge in [0, 0.05) is 25.3 Å². The normalized spacial score (nSPS) is 10.1. The first-order chi connectivity index (χ1) is 9.08. The number of esters is 2. The maximum absolute atomic E-state index is 11.5. The van der Waals surface area contributed by atoms with Crippen LogP contribution in [0.3, 0.4) is 0 Å². The van der Waals surface area contributed by atoms with Gasteiger partial charge in [0.25, 0.3) is 0 Å². The minimum absolute atomic E-state index is 0.116. The number of carbonyl (C=O) groups is 2. The summed E-state index contributed by atoms with van der Waals surface area (Å²) in [6.45, 7) is 9.50. The fourth-order valence-electron chi connectivity index (χ4n) is 1.47. The molecule has 0 amide bonds. The van der Waals surface area contributed by atoms with Crippen LogP contribution in [0.1, 0.15) is 45.1 Å². The topological polar surface area (TPSA) is 52.6 Å². The van der Waals surface area contributed by atoms with Crippen LogP contribution in [-0.4, -0.2) is 11.9 Å². The first kappa shape index (κ1) is 15.2. The van der Waals surface area contributed by atoms with Crippen LogP contribution in [0.15, 0.2) is 18.2 Å². The van der Waals surface area contributed by atoms with E-state index in [0.29, 0.717) is 19.3 Å². The number of carbonyl (C=O) groups excluding carboxylic acids is 2. The van der Waals surface area contributed by atoms with E-state index in [1.165, 1.54) is 0 Å². The highest BCUT2D eigenvalue weighted by atomic mass is 16.6. The summed E-state index contributed by atoms with van der Waals surface area (Å²) in [5.74, 6) is -0.470. The molecule has 0 atom stereocenters. The van der Waals surface area contributed by atoms with E-state index in [2.05, 4.69) is 0 Å². The van der Waals surface area contributed by atoms with Crippen molar-refractivity contribution in [1.82, 2.24) is 0 Å². The van der Waals surface area contributed by atoms with Crippen molar-refractivity contribution < 1.29 is 19.1 Å². The Hall–Kier alpha value is -1.84. The van der Waals surface area contributed by atoms with Gasteiger partial charge in [-0.2, -0.15) is 0 Å². The monoisotopic (exact) mass is 262 g/mol. The van der Waals surface area contributed by atoms with Crippen LogP contribution >= 0.6 is 0 Å². The Morgan fingerprint density at radius 3 is 2.21 bits per heavy atom. The SMILES string of the molecule is [CH]c1cccc(OC(=O)CCC)c1OC(=O)CCC. The Morgan fingerprint density at radius 2 is 1.63 bits per heavy atom. The molecule has 0 heterocycles. The molecule has 0 fully saturated rings. The van der Waals surface area contributed by atoms with E-state index in [1.807, 2.05) is 13.8 Å². The molecule has 1 aromatic rings. The van der Waals surface area contributed by atoms with Crippen molar-refractivity contribution in [2.24, 2.45) is 0 Å². The van der Waals surface area contributed by atoms with E-state index >= 15 is 0 Å². The van der Waals surface area contributed by atoms with Crippen molar-refractivity contribution in [3.8, 4) is 11.5 Å². The smallest absolute Gasteiger partial charge is 0.311 e. The molecule has 0 aliphatic carbocycles. The third kappa shape index (κ3) is 4.73. The Morgan fingerprint density at radius 1 is 1.05 bits per heavy atom. The molecular formula is C15H18O4. The molecular weight excluding hydrogens is 244 g/mol. The quantitative estimate of drug-likeness (QED) is 0.583. The summed E-state index contributed by atoms with van der Waals surface area (Å²) in [6.07, 6.45) is 1.95. The molecule has 19 heavy (non-hydrogen) atoms. The zero-order chi connectivity index (χ0) is 14.3. The van der Waals surface area contributed by atoms with Crippen LogP contribution < -0.4 is 9.47 Å². The molecule has 0 spiro atoms. The lowest BCUT2D eigenvalue weighted by molar-refractivity contribution is -0.137. The first-order valence-corrected chi connectivity index (χ1v) is 6.38. The van der Waals surface area contributed by atoms with Crippen LogP contribution in [0, 0.1) is 6.92 Å². The fraction of sp³-hybridized carbons (Fsp3) is 0.400. The molecule has 0 aliphatic heterocycles. The number of ether oxygens (including phenoxy) is 2. The van der Waals surface area contributed by atoms with Crippen LogP contribution in [0.5, 0.6) is 11.5 Å². The van der Waals surface area contributed by atoms with Crippen LogP contribution in [0.2, 0.25) is 0 Å². The van der Waals surface area contributed by atoms with Crippen molar-refractivity contribution in [2.75, 3.05) is 0 Å². The van der Waals surface area contributed by atoms with Gasteiger partial charge in [0.15, 0.2) is 11.5 Å². The van der Waals surface area contributed by atoms with E-state index in [4.69, 9.17) is 16.4 Å². The highest BCUT2D eigenvalue weighted by molar-refractivity contribution is 5.77. The summed E-state index contributed by atoms with van der Waals surface area (Å²) in [5.41, 5.74) is 0.270. The predicted molar refractivity (Wildman–Crippen MR) is 70.9 cm³/mol. The maximum Gasteiger partial charge on any atom is 0.311 e. The molecule has 4 heteroatoms. The second-order valence-corrected chi connectivity index (χ2v) is 4.12. The maximum atomic E-state index is 11.5. The Bertz CT molecular complexity index is 451. The number of hydrogen-bond donors (Lipinski definition) is 0. The average molecular weight is 262 g/mol. The van der Waals surface area contributed by atoms with Crippen molar-refractivity contribution in [1.29, 1.82) is 0 Å². The van der Waals surface area contributed by atoms with Crippen LogP contribution in [0.25, 0.3) is 0 Å². The van der Waals surface area contributed by atoms with Gasteiger partial charge in [-0.15, -0.1) is 0 Å². The Balaban J connectivity index is 2.88. The third-order valence-corrected chi connectivity index (χ3v) is 2.36. The molecule has 1 aromatic carbocycles. The zero-order valence-corrected chi connectivity index (χ0v) is 11.3. The second kappa shape index (κ2) is 7.56. The molecule has 0 aromatic heterocycles. The Labute approximate surface area is 113 Å². The van der Waals surface area contributed by atoms with E-state index in [0.717, 1.165) is 0 Å². The minimum atomic E-state index is -0.395. The van der Waals surface area contributed by atoms with E-state index in [-0.39, 0.29) is 29.5 Å². The average Bonchev–Trinajstić information content (AvgIpc) is 2.34. The number of benzene rings is 1. The highest BCUT2D eigenvalue weighted by Gasteiger charge is 2.15. The van der Waals surface area contributed by atoms with Gasteiger partial charge in [0.1, 0.15) is 0 Å². The van der Waals surface area contributed by atoms with Crippen LogP contribution in [0.4, 0.5) is 0 Å². The number of rotatable bonds is 6. The number of para-hydroxylation sites is 1. The highest BCUT2D eigenvalue weighted by Crippen LogP contribution is 2.31. The van der Waals surface area contributed by atoms with E-state index in [1.54, 1.807) is 18.2 Å². The summed E-state index contributed by atoms with van der Waals surface area (Å²) >= 11 is 0. The van der Waals surface area contributed by atoms with Gasteiger partial charge in [0.2, 0.25) is 0 Å². The molecule has 102 valence electrons. The summed E-state index contributed by atoms with van der Waals surface area (Å²) in [5, 5.41) is 0. The van der Waals surface area contributed by atoms with Crippen molar-refractivity contribution >= 4 is 11.9 Å². The lowest BCUT2D eigenvalue weighted by Gasteiger charge is -2.12. The molecule has 4 nitrogen and oxygen atoms in total. The van der Waals surface area contributed by atoms with E-state index in [9.17, 15) is 9.59 Å². The molecule has 0 aliphatic rings. The largest absolute Gasteiger partial charge is 0.423 e. The van der Waals surface area contributed by atoms with Crippen molar-refractivity contribution in [3.63, 3.8) is 0 Å². The van der Waals surface area contributed by atoms with Crippen molar-refractivity contribution in [2.45, 2.75) is 39.5 Å². The van der Waals surface area contributed by atoms with Gasteiger partial charge < -0.3 is 9.47 Å². The van der Waals surface area contributed by atoms with E-state index < -0.39 is 5.97 Å². The number of hydrogen-bond acceptors (Lipinski definition) is 4. The lowest BCUT2D eigenvalue weighted by Crippen LogP contribution is -2.12. The van der Waals surface area contributed by atoms with Crippen molar-refractivity contribution in [3.05, 3.63) is 30.7 Å². The fourth-order valence-corrected chi connectivity index (χ4v) is 1.47. The molecule has 2 radical (unpaired) electrons. The Kier molecular flexibility index (Phi) is 6.06. The summed E-state index contributed by atoms with van der Waals surface area (Å²) < 4.78 is 10.3. The summed E-state index contributed by atoms with van der Waals surface area (Å²) in [6, 6.07) is 4.78.